The zero-order chi connectivity index (χ0) is 28.4. The van der Waals surface area contributed by atoms with E-state index in [-0.39, 0.29) is 47.0 Å². The third-order valence-electron chi connectivity index (χ3n) is 6.67. The van der Waals surface area contributed by atoms with Crippen LogP contribution in [0.3, 0.4) is 0 Å². The van der Waals surface area contributed by atoms with Gasteiger partial charge in [0, 0.05) is 23.5 Å². The topological polar surface area (TPSA) is 93.1 Å². The lowest BCUT2D eigenvalue weighted by molar-refractivity contribution is -0.154. The fourth-order valence-electron chi connectivity index (χ4n) is 4.56. The third kappa shape index (κ3) is 6.41. The average Bonchev–Trinajstić information content (AvgIpc) is 3.69. The van der Waals surface area contributed by atoms with E-state index in [0.29, 0.717) is 16.7 Å². The van der Waals surface area contributed by atoms with Gasteiger partial charge >= 0.3 is 6.18 Å². The van der Waals surface area contributed by atoms with E-state index in [1.54, 1.807) is 55.6 Å². The van der Waals surface area contributed by atoms with Crippen molar-refractivity contribution in [3.8, 4) is 17.0 Å². The molecule has 0 bridgehead atoms. The predicted molar refractivity (Wildman–Crippen MR) is 137 cm³/mol. The Hall–Kier alpha value is -4.41. The smallest absolute Gasteiger partial charge is 0.422 e. The summed E-state index contributed by atoms with van der Waals surface area (Å²) in [4.78, 5) is 17.6. The number of amides is 1. The Morgan fingerprint density at radius 2 is 2.02 bits per heavy atom. The van der Waals surface area contributed by atoms with Crippen LogP contribution < -0.4 is 15.7 Å². The Bertz CT molecular complexity index is 1590. The summed E-state index contributed by atoms with van der Waals surface area (Å²) in [5.74, 6) is -0.734. The predicted octanol–water partition coefficient (Wildman–Crippen LogP) is 5.94. The van der Waals surface area contributed by atoms with Gasteiger partial charge in [0.15, 0.2) is 6.61 Å². The molecule has 5 rings (SSSR count). The van der Waals surface area contributed by atoms with Crippen molar-refractivity contribution >= 4 is 5.91 Å². The molecule has 4 aromatic rings. The maximum Gasteiger partial charge on any atom is 0.422 e. The molecule has 11 heteroatoms. The Kier molecular flexibility index (Phi) is 7.46. The number of nitrogens with zero attached hydrogens (tertiary/aromatic N) is 2. The lowest BCUT2D eigenvalue weighted by Gasteiger charge is -2.20. The van der Waals surface area contributed by atoms with Gasteiger partial charge in [-0.15, -0.1) is 0 Å². The third-order valence-corrected chi connectivity index (χ3v) is 6.67. The number of ether oxygens (including phenoxy) is 1. The van der Waals surface area contributed by atoms with E-state index in [4.69, 9.17) is 14.6 Å². The number of hydrogen-bond donors (Lipinski definition) is 2. The molecule has 0 spiro atoms. The molecule has 2 aromatic heterocycles. The van der Waals surface area contributed by atoms with Gasteiger partial charge in [-0.2, -0.15) is 13.2 Å². The number of rotatable bonds is 9. The van der Waals surface area contributed by atoms with Crippen molar-refractivity contribution in [3.05, 3.63) is 101 Å². The normalized spacial score (nSPS) is 14.1. The summed E-state index contributed by atoms with van der Waals surface area (Å²) in [7, 11) is 0. The van der Waals surface area contributed by atoms with E-state index < -0.39 is 18.7 Å². The van der Waals surface area contributed by atoms with Crippen LogP contribution in [-0.4, -0.2) is 28.2 Å². The first kappa shape index (κ1) is 27.2. The standard InChI is InChI=1S/C29H26F4N4O3/c1-17-11-20(6-7-24(17)30)25(19-4-5-19)36-26(38)22-13-18(15-37-9-10-39-28(37)34)12-21(14-22)23-3-2-8-35-27(23)40-16-29(31,32)33/h2-3,6-14,19,25,34H,4-5,15-16H2,1H3,(H,36,38). The summed E-state index contributed by atoms with van der Waals surface area (Å²) in [5, 5.41) is 11.0. The van der Waals surface area contributed by atoms with Gasteiger partial charge < -0.3 is 14.5 Å². The first-order valence-electron chi connectivity index (χ1n) is 12.6. The molecule has 7 nitrogen and oxygen atoms in total. The molecular formula is C29H26F4N4O3. The minimum absolute atomic E-state index is 0.104. The fraction of sp³-hybridized carbons (Fsp3) is 0.276. The molecule has 40 heavy (non-hydrogen) atoms. The van der Waals surface area contributed by atoms with Crippen molar-refractivity contribution in [1.29, 1.82) is 5.41 Å². The van der Waals surface area contributed by atoms with E-state index in [2.05, 4.69) is 10.3 Å². The fourth-order valence-corrected chi connectivity index (χ4v) is 4.56. The summed E-state index contributed by atoms with van der Waals surface area (Å²) in [5.41, 5.74) is 2.74. The van der Waals surface area contributed by atoms with Gasteiger partial charge in [0.2, 0.25) is 5.88 Å². The molecule has 1 unspecified atom stereocenters. The lowest BCUT2D eigenvalue weighted by Crippen LogP contribution is -2.30. The molecule has 1 amide bonds. The van der Waals surface area contributed by atoms with Crippen molar-refractivity contribution < 1.29 is 31.5 Å². The molecule has 0 aliphatic heterocycles. The van der Waals surface area contributed by atoms with Gasteiger partial charge in [-0.1, -0.05) is 12.1 Å². The van der Waals surface area contributed by atoms with Crippen LogP contribution in [0.4, 0.5) is 17.6 Å². The summed E-state index contributed by atoms with van der Waals surface area (Å²) >= 11 is 0. The number of carbonyl (C=O) groups is 1. The number of halogens is 4. The van der Waals surface area contributed by atoms with E-state index in [0.717, 1.165) is 18.4 Å². The van der Waals surface area contributed by atoms with E-state index >= 15 is 0 Å². The summed E-state index contributed by atoms with van der Waals surface area (Å²) in [6, 6.07) is 12.5. The van der Waals surface area contributed by atoms with E-state index in [1.807, 2.05) is 0 Å². The van der Waals surface area contributed by atoms with Crippen molar-refractivity contribution in [3.63, 3.8) is 0 Å². The Labute approximate surface area is 226 Å². The van der Waals surface area contributed by atoms with Gasteiger partial charge in [-0.25, -0.2) is 9.37 Å². The van der Waals surface area contributed by atoms with Crippen LogP contribution in [0.2, 0.25) is 0 Å². The van der Waals surface area contributed by atoms with Crippen molar-refractivity contribution in [2.45, 2.75) is 38.5 Å². The number of nitrogens with one attached hydrogen (secondary N) is 2. The molecule has 0 saturated heterocycles. The van der Waals surface area contributed by atoms with Crippen LogP contribution in [0.15, 0.2) is 71.6 Å². The molecule has 2 heterocycles. The molecule has 208 valence electrons. The van der Waals surface area contributed by atoms with Crippen LogP contribution in [0.1, 0.15) is 45.9 Å². The van der Waals surface area contributed by atoms with Gasteiger partial charge in [0.05, 0.1) is 12.6 Å². The molecule has 1 aliphatic rings. The highest BCUT2D eigenvalue weighted by atomic mass is 19.4. The highest BCUT2D eigenvalue weighted by Crippen LogP contribution is 2.41. The average molecular weight is 555 g/mol. The zero-order valence-electron chi connectivity index (χ0n) is 21.5. The summed E-state index contributed by atoms with van der Waals surface area (Å²) in [6.45, 7) is 0.323. The van der Waals surface area contributed by atoms with E-state index in [9.17, 15) is 22.4 Å². The first-order valence-corrected chi connectivity index (χ1v) is 12.6. The first-order chi connectivity index (χ1) is 19.1. The number of aryl methyl sites for hydroxylation is 1. The van der Waals surface area contributed by atoms with Crippen molar-refractivity contribution in [1.82, 2.24) is 14.9 Å². The second-order valence-corrected chi connectivity index (χ2v) is 9.81. The number of hydrogen-bond acceptors (Lipinski definition) is 5. The quantitative estimate of drug-likeness (QED) is 0.251. The molecule has 2 N–H and O–H groups in total. The molecule has 1 atom stereocenters. The van der Waals surface area contributed by atoms with Crippen LogP contribution in [0, 0.1) is 24.1 Å². The summed E-state index contributed by atoms with van der Waals surface area (Å²) < 4.78 is 64.1. The minimum atomic E-state index is -4.55. The molecule has 1 saturated carbocycles. The Morgan fingerprint density at radius 3 is 2.70 bits per heavy atom. The van der Waals surface area contributed by atoms with Gasteiger partial charge in [0.25, 0.3) is 11.6 Å². The van der Waals surface area contributed by atoms with Gasteiger partial charge in [-0.05, 0) is 84.3 Å². The van der Waals surface area contributed by atoms with E-state index in [1.165, 1.54) is 23.1 Å². The maximum absolute atomic E-state index is 13.9. The van der Waals surface area contributed by atoms with Crippen LogP contribution in [0.25, 0.3) is 11.1 Å². The van der Waals surface area contributed by atoms with Crippen LogP contribution in [0.5, 0.6) is 5.88 Å². The second-order valence-electron chi connectivity index (χ2n) is 9.81. The van der Waals surface area contributed by atoms with Crippen molar-refractivity contribution in [2.24, 2.45) is 5.92 Å². The highest BCUT2D eigenvalue weighted by Gasteiger charge is 2.34. The molecule has 0 radical (unpaired) electrons. The van der Waals surface area contributed by atoms with Crippen molar-refractivity contribution in [2.75, 3.05) is 6.61 Å². The van der Waals surface area contributed by atoms with Gasteiger partial charge in [-0.3, -0.25) is 14.8 Å². The molecule has 1 fully saturated rings. The maximum atomic E-state index is 13.9. The number of alkyl halides is 3. The number of oxazole rings is 1. The largest absolute Gasteiger partial charge is 0.468 e. The SMILES string of the molecule is Cc1cc(C(NC(=O)c2cc(Cn3ccoc3=N)cc(-c3cccnc3OCC(F)(F)F)c2)C2CC2)ccc1F. The Morgan fingerprint density at radius 1 is 1.23 bits per heavy atom. The number of carbonyl (C=O) groups excluding carboxylic acids is 1. The second kappa shape index (κ2) is 11.0. The molecule has 2 aromatic carbocycles. The van der Waals surface area contributed by atoms with Crippen LogP contribution in [-0.2, 0) is 6.54 Å². The highest BCUT2D eigenvalue weighted by molar-refractivity contribution is 5.96. The lowest BCUT2D eigenvalue weighted by atomic mass is 9.97. The number of benzene rings is 2. The summed E-state index contributed by atoms with van der Waals surface area (Å²) in [6.07, 6.45) is 1.54. The number of pyridine rings is 1. The minimum Gasteiger partial charge on any atom is -0.468 e. The van der Waals surface area contributed by atoms with Crippen LogP contribution >= 0.6 is 0 Å². The molecular weight excluding hydrogens is 528 g/mol. The number of aromatic nitrogens is 2. The molecule has 1 aliphatic carbocycles. The monoisotopic (exact) mass is 554 g/mol. The zero-order valence-corrected chi connectivity index (χ0v) is 21.5. The van der Waals surface area contributed by atoms with Gasteiger partial charge in [0.1, 0.15) is 12.1 Å². The Balaban J connectivity index is 1.51.